The summed E-state index contributed by atoms with van der Waals surface area (Å²) in [5.41, 5.74) is 0.627. The summed E-state index contributed by atoms with van der Waals surface area (Å²) < 4.78 is 5.79. The van der Waals surface area contributed by atoms with Gasteiger partial charge in [-0.1, -0.05) is 27.5 Å². The van der Waals surface area contributed by atoms with E-state index >= 15 is 0 Å². The maximum Gasteiger partial charge on any atom is 0.311 e. The number of hydrogen-bond donors (Lipinski definition) is 0. The van der Waals surface area contributed by atoms with Crippen LogP contribution in [0.2, 0.25) is 5.02 Å². The highest BCUT2D eigenvalue weighted by molar-refractivity contribution is 9.10. The van der Waals surface area contributed by atoms with Crippen molar-refractivity contribution in [2.75, 3.05) is 18.1 Å². The topological polar surface area (TPSA) is 46.6 Å². The molecule has 1 saturated heterocycles. The molecule has 1 aliphatic heterocycles. The van der Waals surface area contributed by atoms with Gasteiger partial charge in [0.05, 0.1) is 23.2 Å². The van der Waals surface area contributed by atoms with Gasteiger partial charge >= 0.3 is 5.97 Å². The van der Waals surface area contributed by atoms with Crippen molar-refractivity contribution < 1.29 is 14.3 Å². The zero-order valence-electron chi connectivity index (χ0n) is 10.4. The van der Waals surface area contributed by atoms with E-state index < -0.39 is 5.92 Å². The Kier molecular flexibility index (Phi) is 4.47. The second-order valence-electron chi connectivity index (χ2n) is 4.25. The molecule has 102 valence electrons. The summed E-state index contributed by atoms with van der Waals surface area (Å²) >= 11 is 9.44. The van der Waals surface area contributed by atoms with Crippen molar-refractivity contribution in [1.29, 1.82) is 0 Å². The largest absolute Gasteiger partial charge is 0.466 e. The van der Waals surface area contributed by atoms with Crippen molar-refractivity contribution in [3.05, 3.63) is 27.7 Å². The Morgan fingerprint density at radius 1 is 1.58 bits per heavy atom. The lowest BCUT2D eigenvalue weighted by molar-refractivity contribution is -0.147. The smallest absolute Gasteiger partial charge is 0.311 e. The maximum atomic E-state index is 12.0. The van der Waals surface area contributed by atoms with Crippen molar-refractivity contribution >= 4 is 45.1 Å². The predicted molar refractivity (Wildman–Crippen MR) is 76.2 cm³/mol. The number of hydrogen-bond acceptors (Lipinski definition) is 3. The normalized spacial score (nSPS) is 18.8. The molecule has 0 N–H and O–H groups in total. The second kappa shape index (κ2) is 5.92. The molecule has 4 nitrogen and oxygen atoms in total. The highest BCUT2D eigenvalue weighted by Gasteiger charge is 2.36. The molecule has 0 aromatic heterocycles. The van der Waals surface area contributed by atoms with Crippen LogP contribution in [0.1, 0.15) is 13.3 Å². The van der Waals surface area contributed by atoms with E-state index in [2.05, 4.69) is 15.9 Å². The molecule has 1 amide bonds. The van der Waals surface area contributed by atoms with Gasteiger partial charge in [0, 0.05) is 17.4 Å². The van der Waals surface area contributed by atoms with Gasteiger partial charge in [-0.2, -0.15) is 0 Å². The first-order chi connectivity index (χ1) is 9.02. The van der Waals surface area contributed by atoms with Gasteiger partial charge in [0.1, 0.15) is 0 Å². The third-order valence-corrected chi connectivity index (χ3v) is 3.74. The van der Waals surface area contributed by atoms with Crippen LogP contribution in [-0.4, -0.2) is 25.0 Å². The molecule has 1 unspecified atom stereocenters. The summed E-state index contributed by atoms with van der Waals surface area (Å²) in [5, 5.41) is 0.479. The van der Waals surface area contributed by atoms with Crippen LogP contribution in [0, 0.1) is 5.92 Å². The Morgan fingerprint density at radius 2 is 2.32 bits per heavy atom. The average Bonchev–Trinajstić information content (AvgIpc) is 2.72. The molecule has 2 rings (SSSR count). The number of nitrogens with zero attached hydrogens (tertiary/aromatic N) is 1. The van der Waals surface area contributed by atoms with Crippen LogP contribution < -0.4 is 4.90 Å². The summed E-state index contributed by atoms with van der Waals surface area (Å²) in [4.78, 5) is 25.2. The first-order valence-corrected chi connectivity index (χ1v) is 7.12. The fourth-order valence-electron chi connectivity index (χ4n) is 2.06. The molecule has 1 atom stereocenters. The monoisotopic (exact) mass is 345 g/mol. The standard InChI is InChI=1S/C13H13BrClNO3/c1-2-19-13(18)8-5-12(17)16(7-8)11-4-3-9(14)6-10(11)15/h3-4,6,8H,2,5,7H2,1H3. The van der Waals surface area contributed by atoms with Crippen LogP contribution in [0.5, 0.6) is 0 Å². The van der Waals surface area contributed by atoms with Gasteiger partial charge in [0.15, 0.2) is 0 Å². The van der Waals surface area contributed by atoms with Crippen molar-refractivity contribution in [1.82, 2.24) is 0 Å². The molecule has 6 heteroatoms. The number of amides is 1. The van der Waals surface area contributed by atoms with Gasteiger partial charge in [0.25, 0.3) is 0 Å². The number of anilines is 1. The first-order valence-electron chi connectivity index (χ1n) is 5.95. The lowest BCUT2D eigenvalue weighted by Gasteiger charge is -2.18. The van der Waals surface area contributed by atoms with Crippen LogP contribution in [-0.2, 0) is 14.3 Å². The van der Waals surface area contributed by atoms with Gasteiger partial charge in [-0.25, -0.2) is 0 Å². The zero-order chi connectivity index (χ0) is 14.0. The Morgan fingerprint density at radius 3 is 2.95 bits per heavy atom. The lowest BCUT2D eigenvalue weighted by Crippen LogP contribution is -2.26. The number of benzene rings is 1. The molecular formula is C13H13BrClNO3. The number of halogens is 2. The van der Waals surface area contributed by atoms with Crippen molar-refractivity contribution in [3.8, 4) is 0 Å². The summed E-state index contributed by atoms with van der Waals surface area (Å²) in [7, 11) is 0. The number of esters is 1. The number of carbonyl (C=O) groups excluding carboxylic acids is 2. The SMILES string of the molecule is CCOC(=O)C1CC(=O)N(c2ccc(Br)cc2Cl)C1. The van der Waals surface area contributed by atoms with Crippen LogP contribution in [0.15, 0.2) is 22.7 Å². The quantitative estimate of drug-likeness (QED) is 0.790. The number of carbonyl (C=O) groups is 2. The minimum Gasteiger partial charge on any atom is -0.466 e. The fraction of sp³-hybridized carbons (Fsp3) is 0.385. The van der Waals surface area contributed by atoms with E-state index in [1.165, 1.54) is 4.90 Å². The van der Waals surface area contributed by atoms with Crippen molar-refractivity contribution in [2.24, 2.45) is 5.92 Å². The Balaban J connectivity index is 2.18. The molecule has 1 aromatic rings. The van der Waals surface area contributed by atoms with Crippen molar-refractivity contribution in [2.45, 2.75) is 13.3 Å². The summed E-state index contributed by atoms with van der Waals surface area (Å²) in [5.74, 6) is -0.846. The van der Waals surface area contributed by atoms with E-state index in [1.807, 2.05) is 6.07 Å². The summed E-state index contributed by atoms with van der Waals surface area (Å²) in [6.45, 7) is 2.39. The Hall–Kier alpha value is -1.07. The molecule has 0 radical (unpaired) electrons. The van der Waals surface area contributed by atoms with E-state index in [4.69, 9.17) is 16.3 Å². The Labute approximate surface area is 124 Å². The van der Waals surface area contributed by atoms with E-state index in [0.29, 0.717) is 23.9 Å². The van der Waals surface area contributed by atoms with Crippen molar-refractivity contribution in [3.63, 3.8) is 0 Å². The second-order valence-corrected chi connectivity index (χ2v) is 5.58. The maximum absolute atomic E-state index is 12.0. The van der Waals surface area contributed by atoms with Crippen LogP contribution >= 0.6 is 27.5 Å². The first kappa shape index (κ1) is 14.3. The molecule has 0 saturated carbocycles. The minimum absolute atomic E-state index is 0.109. The van der Waals surface area contributed by atoms with Gasteiger partial charge in [-0.3, -0.25) is 9.59 Å². The predicted octanol–water partition coefficient (Wildman–Crippen LogP) is 3.02. The molecule has 1 aliphatic rings. The highest BCUT2D eigenvalue weighted by Crippen LogP contribution is 2.33. The third-order valence-electron chi connectivity index (χ3n) is 2.95. The Bertz CT molecular complexity index is 521. The molecule has 1 fully saturated rings. The van der Waals surface area contributed by atoms with Gasteiger partial charge in [-0.15, -0.1) is 0 Å². The van der Waals surface area contributed by atoms with E-state index in [1.54, 1.807) is 19.1 Å². The molecule has 1 heterocycles. The van der Waals surface area contributed by atoms with E-state index in [-0.39, 0.29) is 18.3 Å². The van der Waals surface area contributed by atoms with Crippen LogP contribution in [0.4, 0.5) is 5.69 Å². The third kappa shape index (κ3) is 3.09. The van der Waals surface area contributed by atoms with E-state index in [9.17, 15) is 9.59 Å². The number of rotatable bonds is 3. The highest BCUT2D eigenvalue weighted by atomic mass is 79.9. The van der Waals surface area contributed by atoms with Crippen LogP contribution in [0.3, 0.4) is 0 Å². The fourth-order valence-corrected chi connectivity index (χ4v) is 2.83. The molecule has 0 aliphatic carbocycles. The molecule has 19 heavy (non-hydrogen) atoms. The average molecular weight is 347 g/mol. The number of ether oxygens (including phenoxy) is 1. The van der Waals surface area contributed by atoms with Gasteiger partial charge < -0.3 is 9.64 Å². The molecule has 1 aromatic carbocycles. The van der Waals surface area contributed by atoms with Gasteiger partial charge in [-0.05, 0) is 25.1 Å². The molecule has 0 bridgehead atoms. The minimum atomic E-state index is -0.410. The van der Waals surface area contributed by atoms with E-state index in [0.717, 1.165) is 4.47 Å². The lowest BCUT2D eigenvalue weighted by atomic mass is 10.1. The summed E-state index contributed by atoms with van der Waals surface area (Å²) in [6.07, 6.45) is 0.172. The van der Waals surface area contributed by atoms with Crippen LogP contribution in [0.25, 0.3) is 0 Å². The molecular weight excluding hydrogens is 334 g/mol. The summed E-state index contributed by atoms with van der Waals surface area (Å²) in [6, 6.07) is 5.30. The molecule has 0 spiro atoms. The zero-order valence-corrected chi connectivity index (χ0v) is 12.7. The van der Waals surface area contributed by atoms with Gasteiger partial charge in [0.2, 0.25) is 5.91 Å².